The molecule has 0 aromatic heterocycles. The molecular formula is C18H22F3NO4. The third-order valence-corrected chi connectivity index (χ3v) is 4.21. The van der Waals surface area contributed by atoms with Gasteiger partial charge in [0.1, 0.15) is 5.60 Å². The van der Waals surface area contributed by atoms with Crippen molar-refractivity contribution in [3.8, 4) is 0 Å². The lowest BCUT2D eigenvalue weighted by Gasteiger charge is -2.25. The van der Waals surface area contributed by atoms with Gasteiger partial charge in [0.15, 0.2) is 0 Å². The second-order valence-electron chi connectivity index (χ2n) is 7.41. The van der Waals surface area contributed by atoms with Gasteiger partial charge in [-0.2, -0.15) is 13.2 Å². The Labute approximate surface area is 149 Å². The lowest BCUT2D eigenvalue weighted by molar-refractivity contribution is -0.140. The molecule has 2 unspecified atom stereocenters. The molecule has 0 radical (unpaired) electrons. The minimum absolute atomic E-state index is 0.187. The summed E-state index contributed by atoms with van der Waals surface area (Å²) in [5, 5.41) is 9.57. The number of ether oxygens (including phenoxy) is 1. The molecule has 1 aliphatic rings. The monoisotopic (exact) mass is 373 g/mol. The number of carbonyl (C=O) groups excluding carboxylic acids is 1. The number of carboxylic acid groups (broad SMARTS) is 1. The average Bonchev–Trinajstić information content (AvgIpc) is 2.94. The number of rotatable bonds is 3. The van der Waals surface area contributed by atoms with Crippen molar-refractivity contribution in [3.05, 3.63) is 35.4 Å². The fraction of sp³-hybridized carbons (Fsp3) is 0.556. The van der Waals surface area contributed by atoms with E-state index in [2.05, 4.69) is 0 Å². The standard InChI is InChI=1S/C18H22F3NO4/c1-17(2,3)26-16(25)22-9-8-12(10-22)14(15(23)24)11-4-6-13(7-5-11)18(19,20)21/h4-7,12,14H,8-10H2,1-3H3,(H,23,24). The topological polar surface area (TPSA) is 66.8 Å². The van der Waals surface area contributed by atoms with Crippen molar-refractivity contribution in [2.45, 2.75) is 44.9 Å². The van der Waals surface area contributed by atoms with Crippen LogP contribution < -0.4 is 0 Å². The highest BCUT2D eigenvalue weighted by molar-refractivity contribution is 5.77. The summed E-state index contributed by atoms with van der Waals surface area (Å²) in [5.74, 6) is -2.50. The zero-order chi connectivity index (χ0) is 19.7. The average molecular weight is 373 g/mol. The fourth-order valence-electron chi connectivity index (χ4n) is 3.05. The van der Waals surface area contributed by atoms with Crippen molar-refractivity contribution in [2.75, 3.05) is 13.1 Å². The normalized spacial score (nSPS) is 19.3. The van der Waals surface area contributed by atoms with E-state index in [4.69, 9.17) is 4.74 Å². The van der Waals surface area contributed by atoms with Crippen LogP contribution in [0.2, 0.25) is 0 Å². The second kappa shape index (κ2) is 7.17. The number of halogens is 3. The Hall–Kier alpha value is -2.25. The van der Waals surface area contributed by atoms with Crippen LogP contribution >= 0.6 is 0 Å². The van der Waals surface area contributed by atoms with E-state index in [0.29, 0.717) is 18.5 Å². The third kappa shape index (κ3) is 4.89. The van der Waals surface area contributed by atoms with Gasteiger partial charge in [-0.05, 0) is 50.8 Å². The molecule has 1 amide bonds. The van der Waals surface area contributed by atoms with Crippen molar-refractivity contribution in [2.24, 2.45) is 5.92 Å². The molecule has 2 atom stereocenters. The van der Waals surface area contributed by atoms with E-state index < -0.39 is 41.2 Å². The van der Waals surface area contributed by atoms with Crippen molar-refractivity contribution in [3.63, 3.8) is 0 Å². The molecule has 144 valence electrons. The van der Waals surface area contributed by atoms with Crippen LogP contribution in [0.15, 0.2) is 24.3 Å². The van der Waals surface area contributed by atoms with E-state index >= 15 is 0 Å². The number of benzene rings is 1. The summed E-state index contributed by atoms with van der Waals surface area (Å²) >= 11 is 0. The number of carboxylic acids is 1. The Morgan fingerprint density at radius 3 is 2.23 bits per heavy atom. The zero-order valence-electron chi connectivity index (χ0n) is 14.8. The molecule has 26 heavy (non-hydrogen) atoms. The first-order chi connectivity index (χ1) is 11.9. The van der Waals surface area contributed by atoms with Crippen LogP contribution in [0.3, 0.4) is 0 Å². The minimum Gasteiger partial charge on any atom is -0.481 e. The molecule has 0 saturated carbocycles. The highest BCUT2D eigenvalue weighted by Gasteiger charge is 2.38. The number of nitrogens with zero attached hydrogens (tertiary/aromatic N) is 1. The molecule has 0 spiro atoms. The molecule has 1 aromatic rings. The van der Waals surface area contributed by atoms with E-state index in [1.807, 2.05) is 0 Å². The van der Waals surface area contributed by atoms with Crippen molar-refractivity contribution < 1.29 is 32.6 Å². The Kier molecular flexibility index (Phi) is 5.53. The predicted octanol–water partition coefficient (Wildman–Crippen LogP) is 4.13. The maximum Gasteiger partial charge on any atom is 0.416 e. The largest absolute Gasteiger partial charge is 0.481 e. The number of carbonyl (C=O) groups is 2. The van der Waals surface area contributed by atoms with Crippen LogP contribution in [-0.2, 0) is 15.7 Å². The van der Waals surface area contributed by atoms with Crippen LogP contribution in [0.4, 0.5) is 18.0 Å². The number of hydrogen-bond acceptors (Lipinski definition) is 3. The van der Waals surface area contributed by atoms with Gasteiger partial charge in [-0.25, -0.2) is 4.79 Å². The first-order valence-electron chi connectivity index (χ1n) is 8.26. The van der Waals surface area contributed by atoms with Crippen LogP contribution in [0.25, 0.3) is 0 Å². The van der Waals surface area contributed by atoms with E-state index in [0.717, 1.165) is 12.1 Å². The van der Waals surface area contributed by atoms with Gasteiger partial charge in [0.05, 0.1) is 11.5 Å². The van der Waals surface area contributed by atoms with Crippen LogP contribution in [0, 0.1) is 5.92 Å². The van der Waals surface area contributed by atoms with Gasteiger partial charge in [0.25, 0.3) is 0 Å². The Bertz CT molecular complexity index is 664. The molecule has 1 fully saturated rings. The summed E-state index contributed by atoms with van der Waals surface area (Å²) in [5.41, 5.74) is -1.19. The Morgan fingerprint density at radius 2 is 1.77 bits per heavy atom. The van der Waals surface area contributed by atoms with Gasteiger partial charge >= 0.3 is 18.2 Å². The summed E-state index contributed by atoms with van der Waals surface area (Å²) in [6.45, 7) is 5.75. The van der Waals surface area contributed by atoms with Crippen molar-refractivity contribution in [1.29, 1.82) is 0 Å². The maximum absolute atomic E-state index is 12.7. The van der Waals surface area contributed by atoms with E-state index in [1.165, 1.54) is 17.0 Å². The summed E-state index contributed by atoms with van der Waals surface area (Å²) in [7, 11) is 0. The van der Waals surface area contributed by atoms with Gasteiger partial charge in [0, 0.05) is 13.1 Å². The maximum atomic E-state index is 12.7. The second-order valence-corrected chi connectivity index (χ2v) is 7.41. The number of amides is 1. The van der Waals surface area contributed by atoms with Gasteiger partial charge in [-0.1, -0.05) is 12.1 Å². The zero-order valence-corrected chi connectivity index (χ0v) is 14.8. The highest BCUT2D eigenvalue weighted by atomic mass is 19.4. The summed E-state index contributed by atoms with van der Waals surface area (Å²) in [4.78, 5) is 25.3. The Balaban J connectivity index is 2.14. The first kappa shape index (κ1) is 20.1. The molecule has 1 N–H and O–H groups in total. The number of aliphatic carboxylic acids is 1. The predicted molar refractivity (Wildman–Crippen MR) is 87.7 cm³/mol. The fourth-order valence-corrected chi connectivity index (χ4v) is 3.05. The van der Waals surface area contributed by atoms with Crippen molar-refractivity contribution >= 4 is 12.1 Å². The minimum atomic E-state index is -4.47. The lowest BCUT2D eigenvalue weighted by Crippen LogP contribution is -2.36. The van der Waals surface area contributed by atoms with E-state index in [1.54, 1.807) is 20.8 Å². The Morgan fingerprint density at radius 1 is 1.19 bits per heavy atom. The smallest absolute Gasteiger partial charge is 0.416 e. The first-order valence-corrected chi connectivity index (χ1v) is 8.26. The summed E-state index contributed by atoms with van der Waals surface area (Å²) < 4.78 is 43.3. The molecule has 2 rings (SSSR count). The molecule has 5 nitrogen and oxygen atoms in total. The molecule has 8 heteroatoms. The number of likely N-dealkylation sites (tertiary alicyclic amines) is 1. The van der Waals surface area contributed by atoms with Gasteiger partial charge in [-0.15, -0.1) is 0 Å². The molecule has 1 aromatic carbocycles. The SMILES string of the molecule is CC(C)(C)OC(=O)N1CCC(C(C(=O)O)c2ccc(C(F)(F)F)cc2)C1. The number of hydrogen-bond donors (Lipinski definition) is 1. The molecule has 1 heterocycles. The summed E-state index contributed by atoms with van der Waals surface area (Å²) in [6, 6.07) is 4.15. The number of alkyl halides is 3. The van der Waals surface area contributed by atoms with Gasteiger partial charge in [0.2, 0.25) is 0 Å². The van der Waals surface area contributed by atoms with Gasteiger partial charge < -0.3 is 14.7 Å². The molecule has 1 aliphatic heterocycles. The third-order valence-electron chi connectivity index (χ3n) is 4.21. The molecular weight excluding hydrogens is 351 g/mol. The molecule has 0 bridgehead atoms. The summed E-state index contributed by atoms with van der Waals surface area (Å²) in [6.07, 6.45) is -4.55. The quantitative estimate of drug-likeness (QED) is 0.865. The van der Waals surface area contributed by atoms with Crippen LogP contribution in [0.5, 0.6) is 0 Å². The van der Waals surface area contributed by atoms with Crippen LogP contribution in [0.1, 0.15) is 44.2 Å². The van der Waals surface area contributed by atoms with E-state index in [-0.39, 0.29) is 6.54 Å². The van der Waals surface area contributed by atoms with Crippen LogP contribution in [-0.4, -0.2) is 40.8 Å². The van der Waals surface area contributed by atoms with Gasteiger partial charge in [-0.3, -0.25) is 4.79 Å². The molecule has 1 saturated heterocycles. The highest BCUT2D eigenvalue weighted by Crippen LogP contribution is 2.35. The van der Waals surface area contributed by atoms with E-state index in [9.17, 15) is 27.9 Å². The lowest BCUT2D eigenvalue weighted by atomic mass is 9.85. The van der Waals surface area contributed by atoms with Crippen molar-refractivity contribution in [1.82, 2.24) is 4.90 Å². The molecule has 0 aliphatic carbocycles.